The molecule has 0 unspecified atom stereocenters. The van der Waals surface area contributed by atoms with Crippen LogP contribution in [0.1, 0.15) is 37.3 Å². The Morgan fingerprint density at radius 1 is 1.03 bits per heavy atom. The number of rotatable bonds is 6. The van der Waals surface area contributed by atoms with E-state index in [2.05, 4.69) is 28.7 Å². The van der Waals surface area contributed by atoms with E-state index in [1.807, 2.05) is 42.3 Å². The Morgan fingerprint density at radius 2 is 1.61 bits per heavy atom. The highest BCUT2D eigenvalue weighted by atomic mass is 16.5. The smallest absolute Gasteiger partial charge is 0.407 e. The van der Waals surface area contributed by atoms with Crippen LogP contribution >= 0.6 is 0 Å². The molecular formula is C24H24N2O5. The summed E-state index contributed by atoms with van der Waals surface area (Å²) < 4.78 is 5.51. The average Bonchev–Trinajstić information content (AvgIpc) is 3.03. The van der Waals surface area contributed by atoms with Gasteiger partial charge in [0.15, 0.2) is 0 Å². The summed E-state index contributed by atoms with van der Waals surface area (Å²) in [5.74, 6) is 2.57. The Kier molecular flexibility index (Phi) is 6.61. The predicted octanol–water partition coefficient (Wildman–Crippen LogP) is 2.90. The maximum Gasteiger partial charge on any atom is 0.407 e. The average molecular weight is 420 g/mol. The second-order valence-electron chi connectivity index (χ2n) is 7.89. The maximum absolute atomic E-state index is 12.4. The Labute approximate surface area is 180 Å². The minimum absolute atomic E-state index is 0.00799. The quantitative estimate of drug-likeness (QED) is 0.624. The van der Waals surface area contributed by atoms with Gasteiger partial charge in [0.1, 0.15) is 6.61 Å². The SMILES string of the molecule is CC(C)(CC(=O)NCC#CC(=O)O)NC(=O)OCC1c2ccccc2-c2ccccc21. The molecule has 0 saturated heterocycles. The Morgan fingerprint density at radius 3 is 2.19 bits per heavy atom. The van der Waals surface area contributed by atoms with Crippen molar-refractivity contribution in [3.05, 3.63) is 59.7 Å². The van der Waals surface area contributed by atoms with Crippen molar-refractivity contribution < 1.29 is 24.2 Å². The number of ether oxygens (including phenoxy) is 1. The number of nitrogens with one attached hydrogen (secondary N) is 2. The molecule has 160 valence electrons. The van der Waals surface area contributed by atoms with Gasteiger partial charge in [-0.05, 0) is 36.1 Å². The fourth-order valence-electron chi connectivity index (χ4n) is 3.68. The van der Waals surface area contributed by atoms with Crippen molar-refractivity contribution in [3.63, 3.8) is 0 Å². The van der Waals surface area contributed by atoms with Crippen LogP contribution in [0.5, 0.6) is 0 Å². The largest absolute Gasteiger partial charge is 0.472 e. The van der Waals surface area contributed by atoms with Gasteiger partial charge in [-0.2, -0.15) is 0 Å². The summed E-state index contributed by atoms with van der Waals surface area (Å²) in [6.45, 7) is 3.52. The number of alkyl carbamates (subject to hydrolysis) is 1. The van der Waals surface area contributed by atoms with E-state index < -0.39 is 17.6 Å². The summed E-state index contributed by atoms with van der Waals surface area (Å²) in [6.07, 6.45) is -0.614. The predicted molar refractivity (Wildman–Crippen MR) is 115 cm³/mol. The molecule has 2 aromatic rings. The molecule has 3 N–H and O–H groups in total. The molecule has 2 amide bonds. The number of amides is 2. The Hall–Kier alpha value is -3.79. The van der Waals surface area contributed by atoms with Gasteiger partial charge in [0.25, 0.3) is 0 Å². The molecule has 0 spiro atoms. The van der Waals surface area contributed by atoms with Crippen LogP contribution in [0.15, 0.2) is 48.5 Å². The zero-order valence-electron chi connectivity index (χ0n) is 17.4. The van der Waals surface area contributed by atoms with E-state index in [4.69, 9.17) is 9.84 Å². The number of carbonyl (C=O) groups is 3. The van der Waals surface area contributed by atoms with E-state index in [0.29, 0.717) is 0 Å². The molecule has 0 saturated carbocycles. The first-order valence-corrected chi connectivity index (χ1v) is 9.88. The van der Waals surface area contributed by atoms with Crippen LogP contribution in [0.25, 0.3) is 11.1 Å². The molecule has 0 bridgehead atoms. The normalized spacial score (nSPS) is 12.1. The lowest BCUT2D eigenvalue weighted by Crippen LogP contribution is -2.47. The molecule has 0 heterocycles. The highest BCUT2D eigenvalue weighted by Gasteiger charge is 2.30. The Bertz CT molecular complexity index is 1020. The minimum Gasteiger partial charge on any atom is -0.472 e. The second kappa shape index (κ2) is 9.35. The van der Waals surface area contributed by atoms with E-state index in [9.17, 15) is 14.4 Å². The molecule has 7 nitrogen and oxygen atoms in total. The zero-order chi connectivity index (χ0) is 22.4. The van der Waals surface area contributed by atoms with Crippen molar-refractivity contribution in [3.8, 4) is 23.0 Å². The van der Waals surface area contributed by atoms with Crippen molar-refractivity contribution in [2.24, 2.45) is 0 Å². The van der Waals surface area contributed by atoms with Gasteiger partial charge in [-0.1, -0.05) is 54.5 Å². The zero-order valence-corrected chi connectivity index (χ0v) is 17.4. The summed E-state index contributed by atoms with van der Waals surface area (Å²) in [6, 6.07) is 16.2. The van der Waals surface area contributed by atoms with Crippen molar-refractivity contribution in [2.45, 2.75) is 31.7 Å². The number of fused-ring (bicyclic) bond motifs is 3. The highest BCUT2D eigenvalue weighted by molar-refractivity contribution is 5.86. The third kappa shape index (κ3) is 5.64. The molecule has 0 aliphatic heterocycles. The number of carboxylic acid groups (broad SMARTS) is 1. The third-order valence-electron chi connectivity index (χ3n) is 4.96. The molecule has 3 rings (SSSR count). The third-order valence-corrected chi connectivity index (χ3v) is 4.96. The molecule has 2 aromatic carbocycles. The first-order chi connectivity index (χ1) is 14.8. The second-order valence-corrected chi connectivity index (χ2v) is 7.89. The number of carbonyl (C=O) groups excluding carboxylic acids is 2. The van der Waals surface area contributed by atoms with Gasteiger partial charge in [0, 0.05) is 23.8 Å². The topological polar surface area (TPSA) is 105 Å². The summed E-state index contributed by atoms with van der Waals surface area (Å²) in [7, 11) is 0. The van der Waals surface area contributed by atoms with Crippen LogP contribution in [0.2, 0.25) is 0 Å². The molecule has 7 heteroatoms. The van der Waals surface area contributed by atoms with E-state index in [-0.39, 0.29) is 31.4 Å². The van der Waals surface area contributed by atoms with Gasteiger partial charge in [0.2, 0.25) is 5.91 Å². The van der Waals surface area contributed by atoms with Crippen molar-refractivity contribution in [1.82, 2.24) is 10.6 Å². The number of benzene rings is 2. The molecule has 0 fully saturated rings. The lowest BCUT2D eigenvalue weighted by molar-refractivity contribution is -0.130. The molecule has 0 atom stereocenters. The first kappa shape index (κ1) is 21.9. The van der Waals surface area contributed by atoms with Gasteiger partial charge in [-0.15, -0.1) is 0 Å². The summed E-state index contributed by atoms with van der Waals surface area (Å²) in [5.41, 5.74) is 3.69. The van der Waals surface area contributed by atoms with Gasteiger partial charge in [-0.3, -0.25) is 4.79 Å². The standard InChI is InChI=1S/C24H24N2O5/c1-24(2,14-21(27)25-13-7-12-22(28)29)26-23(30)31-15-20-18-10-5-3-8-16(18)17-9-4-6-11-19(17)20/h3-6,8-11,20H,13-15H2,1-2H3,(H,25,27)(H,26,30)(H,28,29). The van der Waals surface area contributed by atoms with Crippen LogP contribution in [0.4, 0.5) is 4.79 Å². The van der Waals surface area contributed by atoms with Crippen molar-refractivity contribution >= 4 is 18.0 Å². The van der Waals surface area contributed by atoms with Gasteiger partial charge < -0.3 is 20.5 Å². The minimum atomic E-state index is -1.26. The van der Waals surface area contributed by atoms with Crippen LogP contribution in [0, 0.1) is 11.8 Å². The monoisotopic (exact) mass is 420 g/mol. The fraction of sp³-hybridized carbons (Fsp3) is 0.292. The van der Waals surface area contributed by atoms with Crippen molar-refractivity contribution in [1.29, 1.82) is 0 Å². The maximum atomic E-state index is 12.4. The first-order valence-electron chi connectivity index (χ1n) is 9.88. The molecular weight excluding hydrogens is 396 g/mol. The van der Waals surface area contributed by atoms with Gasteiger partial charge in [0.05, 0.1) is 6.54 Å². The van der Waals surface area contributed by atoms with Gasteiger partial charge >= 0.3 is 12.1 Å². The lowest BCUT2D eigenvalue weighted by Gasteiger charge is -2.25. The molecule has 1 aliphatic rings. The van der Waals surface area contributed by atoms with Gasteiger partial charge in [-0.25, -0.2) is 9.59 Å². The summed E-state index contributed by atoms with van der Waals surface area (Å²) in [5, 5.41) is 13.7. The number of hydrogen-bond acceptors (Lipinski definition) is 4. The highest BCUT2D eigenvalue weighted by Crippen LogP contribution is 2.44. The van der Waals surface area contributed by atoms with E-state index in [0.717, 1.165) is 22.3 Å². The van der Waals surface area contributed by atoms with E-state index in [1.165, 1.54) is 0 Å². The Balaban J connectivity index is 1.55. The molecule has 0 radical (unpaired) electrons. The van der Waals surface area contributed by atoms with E-state index >= 15 is 0 Å². The van der Waals surface area contributed by atoms with Crippen LogP contribution in [-0.4, -0.2) is 41.8 Å². The summed E-state index contributed by atoms with van der Waals surface area (Å²) >= 11 is 0. The lowest BCUT2D eigenvalue weighted by atomic mass is 9.98. The van der Waals surface area contributed by atoms with Crippen LogP contribution in [0.3, 0.4) is 0 Å². The number of aliphatic carboxylic acids is 1. The molecule has 0 aromatic heterocycles. The van der Waals surface area contributed by atoms with Crippen LogP contribution in [-0.2, 0) is 14.3 Å². The van der Waals surface area contributed by atoms with Crippen LogP contribution < -0.4 is 10.6 Å². The number of hydrogen-bond donors (Lipinski definition) is 3. The number of carboxylic acids is 1. The molecule has 1 aliphatic carbocycles. The van der Waals surface area contributed by atoms with E-state index in [1.54, 1.807) is 13.8 Å². The van der Waals surface area contributed by atoms with Crippen molar-refractivity contribution in [2.75, 3.05) is 13.2 Å². The fourth-order valence-corrected chi connectivity index (χ4v) is 3.68. The summed E-state index contributed by atoms with van der Waals surface area (Å²) in [4.78, 5) is 34.8. The molecule has 31 heavy (non-hydrogen) atoms.